The molecule has 38 heavy (non-hydrogen) atoms. The van der Waals surface area contributed by atoms with Gasteiger partial charge >= 0.3 is 0 Å². The van der Waals surface area contributed by atoms with E-state index in [1.54, 1.807) is 74.5 Å². The third-order valence-electron chi connectivity index (χ3n) is 6.01. The second kappa shape index (κ2) is 12.7. The average Bonchev–Trinajstić information content (AvgIpc) is 2.88. The van der Waals surface area contributed by atoms with Crippen LogP contribution in [0.3, 0.4) is 0 Å². The van der Waals surface area contributed by atoms with Crippen molar-refractivity contribution >= 4 is 50.7 Å². The minimum absolute atomic E-state index is 0.0128. The van der Waals surface area contributed by atoms with Gasteiger partial charge in [-0.1, -0.05) is 65.7 Å². The molecule has 0 heterocycles. The average molecular weight is 577 g/mol. The summed E-state index contributed by atoms with van der Waals surface area (Å²) in [7, 11) is -4.17. The Balaban J connectivity index is 2.08. The maximum absolute atomic E-state index is 13.9. The highest BCUT2D eigenvalue weighted by atomic mass is 35.5. The largest absolute Gasteiger partial charge is 0.352 e. The molecule has 10 heteroatoms. The number of carbonyl (C=O) groups is 2. The fourth-order valence-electron chi connectivity index (χ4n) is 3.90. The lowest BCUT2D eigenvalue weighted by molar-refractivity contribution is -0.139. The van der Waals surface area contributed by atoms with Crippen molar-refractivity contribution in [2.45, 2.75) is 51.2 Å². The van der Waals surface area contributed by atoms with Crippen LogP contribution in [0, 0.1) is 6.92 Å². The summed E-state index contributed by atoms with van der Waals surface area (Å²) in [6, 6.07) is 18.7. The van der Waals surface area contributed by atoms with E-state index >= 15 is 0 Å². The number of sulfonamides is 1. The molecule has 1 N–H and O–H groups in total. The van der Waals surface area contributed by atoms with E-state index in [1.165, 1.54) is 17.0 Å². The molecule has 0 fully saturated rings. The van der Waals surface area contributed by atoms with Crippen molar-refractivity contribution in [1.82, 2.24) is 10.2 Å². The Morgan fingerprint density at radius 2 is 1.47 bits per heavy atom. The van der Waals surface area contributed by atoms with Gasteiger partial charge in [-0.05, 0) is 69.2 Å². The lowest BCUT2D eigenvalue weighted by Crippen LogP contribution is -2.52. The number of carbonyl (C=O) groups excluding carboxylic acids is 2. The minimum Gasteiger partial charge on any atom is -0.352 e. The Morgan fingerprint density at radius 1 is 0.868 bits per heavy atom. The van der Waals surface area contributed by atoms with E-state index in [2.05, 4.69) is 5.32 Å². The number of hydrogen-bond donors (Lipinski definition) is 1. The monoisotopic (exact) mass is 575 g/mol. The smallest absolute Gasteiger partial charge is 0.264 e. The molecule has 0 aliphatic rings. The van der Waals surface area contributed by atoms with Gasteiger partial charge in [0.2, 0.25) is 11.8 Å². The number of nitrogens with one attached hydrogen (secondary N) is 1. The third-order valence-corrected chi connectivity index (χ3v) is 8.57. The molecule has 1 unspecified atom stereocenters. The van der Waals surface area contributed by atoms with E-state index in [0.717, 1.165) is 4.31 Å². The topological polar surface area (TPSA) is 86.8 Å². The molecule has 0 radical (unpaired) electrons. The van der Waals surface area contributed by atoms with Gasteiger partial charge in [-0.3, -0.25) is 13.9 Å². The molecule has 7 nitrogen and oxygen atoms in total. The Hall–Kier alpha value is -3.07. The van der Waals surface area contributed by atoms with Crippen LogP contribution in [0.15, 0.2) is 77.7 Å². The molecule has 3 aromatic rings. The quantitative estimate of drug-likeness (QED) is 0.348. The van der Waals surface area contributed by atoms with Crippen LogP contribution >= 0.6 is 23.2 Å². The molecule has 2 amide bonds. The summed E-state index contributed by atoms with van der Waals surface area (Å²) >= 11 is 12.7. The zero-order valence-corrected chi connectivity index (χ0v) is 24.0. The number of amides is 2. The van der Waals surface area contributed by atoms with Crippen molar-refractivity contribution < 1.29 is 18.0 Å². The van der Waals surface area contributed by atoms with Crippen LogP contribution in [0.4, 0.5) is 5.69 Å². The summed E-state index contributed by atoms with van der Waals surface area (Å²) in [6.45, 7) is 6.39. The highest BCUT2D eigenvalue weighted by molar-refractivity contribution is 7.92. The molecule has 3 rings (SSSR count). The Bertz CT molecular complexity index is 1400. The predicted octanol–water partition coefficient (Wildman–Crippen LogP) is 5.44. The molecule has 0 bridgehead atoms. The van der Waals surface area contributed by atoms with Gasteiger partial charge in [0.25, 0.3) is 10.0 Å². The summed E-state index contributed by atoms with van der Waals surface area (Å²) in [6.07, 6.45) is 0. The van der Waals surface area contributed by atoms with Crippen LogP contribution < -0.4 is 9.62 Å². The molecule has 3 aromatic carbocycles. The number of anilines is 1. The first-order valence-corrected chi connectivity index (χ1v) is 14.3. The van der Waals surface area contributed by atoms with Crippen LogP contribution in [0.2, 0.25) is 10.0 Å². The highest BCUT2D eigenvalue weighted by Gasteiger charge is 2.33. The van der Waals surface area contributed by atoms with Crippen LogP contribution in [0.1, 0.15) is 31.9 Å². The van der Waals surface area contributed by atoms with Gasteiger partial charge in [0.05, 0.1) is 10.6 Å². The molecule has 0 spiro atoms. The number of halogens is 2. The maximum atomic E-state index is 13.9. The lowest BCUT2D eigenvalue weighted by Gasteiger charge is -2.33. The van der Waals surface area contributed by atoms with Gasteiger partial charge in [0, 0.05) is 22.6 Å². The zero-order valence-electron chi connectivity index (χ0n) is 21.7. The molecule has 0 aliphatic heterocycles. The lowest BCUT2D eigenvalue weighted by atomic mass is 10.1. The standard InChI is InChI=1S/C28H31Cl2N3O4S/c1-19(2)31-28(35)21(4)32(17-22-11-8-9-14-25(22)30)27(34)18-33(26-16-10-15-24(29)20(26)3)38(36,37)23-12-6-5-7-13-23/h5-16,19,21H,17-18H2,1-4H3,(H,31,35). The van der Waals surface area contributed by atoms with E-state index in [1.807, 2.05) is 13.8 Å². The fraction of sp³-hybridized carbons (Fsp3) is 0.286. The van der Waals surface area contributed by atoms with Crippen molar-refractivity contribution in [3.8, 4) is 0 Å². The summed E-state index contributed by atoms with van der Waals surface area (Å²) in [5, 5.41) is 3.61. The van der Waals surface area contributed by atoms with Crippen LogP contribution in [0.5, 0.6) is 0 Å². The third kappa shape index (κ3) is 6.87. The maximum Gasteiger partial charge on any atom is 0.264 e. The first kappa shape index (κ1) is 29.5. The van der Waals surface area contributed by atoms with Gasteiger partial charge in [-0.2, -0.15) is 0 Å². The van der Waals surface area contributed by atoms with Gasteiger partial charge < -0.3 is 10.2 Å². The summed E-state index contributed by atoms with van der Waals surface area (Å²) in [5.74, 6) is -0.938. The molecular weight excluding hydrogens is 545 g/mol. The van der Waals surface area contributed by atoms with Gasteiger partial charge in [-0.15, -0.1) is 0 Å². The zero-order chi connectivity index (χ0) is 28.0. The molecular formula is C28H31Cl2N3O4S. The number of benzene rings is 3. The number of hydrogen-bond acceptors (Lipinski definition) is 4. The van der Waals surface area contributed by atoms with Crippen molar-refractivity contribution in [2.24, 2.45) is 0 Å². The first-order valence-electron chi connectivity index (χ1n) is 12.1. The van der Waals surface area contributed by atoms with E-state index in [4.69, 9.17) is 23.2 Å². The van der Waals surface area contributed by atoms with Gasteiger partial charge in [0.15, 0.2) is 0 Å². The Labute approximate surface area is 234 Å². The number of nitrogens with zero attached hydrogens (tertiary/aromatic N) is 2. The van der Waals surface area contributed by atoms with Crippen molar-refractivity contribution in [1.29, 1.82) is 0 Å². The molecule has 1 atom stereocenters. The van der Waals surface area contributed by atoms with Crippen molar-refractivity contribution in [3.05, 3.63) is 94.0 Å². The van der Waals surface area contributed by atoms with Gasteiger partial charge in [0.1, 0.15) is 12.6 Å². The SMILES string of the molecule is Cc1c(Cl)cccc1N(CC(=O)N(Cc1ccccc1Cl)C(C)C(=O)NC(C)C)S(=O)(=O)c1ccccc1. The normalized spacial score (nSPS) is 12.2. The van der Waals surface area contributed by atoms with Crippen LogP contribution in [0.25, 0.3) is 0 Å². The van der Waals surface area contributed by atoms with E-state index in [9.17, 15) is 18.0 Å². The highest BCUT2D eigenvalue weighted by Crippen LogP contribution is 2.31. The Morgan fingerprint density at radius 3 is 2.11 bits per heavy atom. The predicted molar refractivity (Wildman–Crippen MR) is 152 cm³/mol. The fourth-order valence-corrected chi connectivity index (χ4v) is 5.75. The van der Waals surface area contributed by atoms with Crippen LogP contribution in [-0.2, 0) is 26.2 Å². The second-order valence-corrected chi connectivity index (χ2v) is 11.8. The van der Waals surface area contributed by atoms with Gasteiger partial charge in [-0.25, -0.2) is 8.42 Å². The second-order valence-electron chi connectivity index (χ2n) is 9.16. The molecule has 0 saturated heterocycles. The van der Waals surface area contributed by atoms with E-state index in [-0.39, 0.29) is 29.1 Å². The minimum atomic E-state index is -4.17. The van der Waals surface area contributed by atoms with E-state index in [0.29, 0.717) is 21.2 Å². The van der Waals surface area contributed by atoms with E-state index < -0.39 is 28.5 Å². The molecule has 0 aliphatic carbocycles. The molecule has 0 aromatic heterocycles. The van der Waals surface area contributed by atoms with Crippen molar-refractivity contribution in [3.63, 3.8) is 0 Å². The first-order chi connectivity index (χ1) is 17.9. The number of rotatable bonds is 10. The van der Waals surface area contributed by atoms with Crippen LogP contribution in [-0.4, -0.2) is 43.8 Å². The summed E-state index contributed by atoms with van der Waals surface area (Å²) < 4.78 is 28.7. The molecule has 202 valence electrons. The van der Waals surface area contributed by atoms with Crippen molar-refractivity contribution in [2.75, 3.05) is 10.8 Å². The summed E-state index contributed by atoms with van der Waals surface area (Å²) in [4.78, 5) is 28.2. The Kier molecular flexibility index (Phi) is 9.82. The molecule has 0 saturated carbocycles. The summed E-state index contributed by atoms with van der Waals surface area (Å²) in [5.41, 5.74) is 1.40.